The molecule has 0 bridgehead atoms. The maximum absolute atomic E-state index is 5.52. The lowest BCUT2D eigenvalue weighted by molar-refractivity contribution is -0.699. The van der Waals surface area contributed by atoms with Crippen molar-refractivity contribution in [2.45, 2.75) is 19.9 Å². The summed E-state index contributed by atoms with van der Waals surface area (Å²) >= 11 is 0. The van der Waals surface area contributed by atoms with Crippen molar-refractivity contribution in [3.8, 4) is 23.0 Å². The Balaban J connectivity index is 0.00000280. The van der Waals surface area contributed by atoms with E-state index in [2.05, 4.69) is 35.9 Å². The molecule has 6 heteroatoms. The number of hydrogen-bond acceptors (Lipinski definition) is 4. The number of hydrogen-bond donors (Lipinski definition) is 0. The maximum atomic E-state index is 5.52. The third-order valence-electron chi connectivity index (χ3n) is 4.81. The van der Waals surface area contributed by atoms with Gasteiger partial charge < -0.3 is 35.9 Å². The third-order valence-corrected chi connectivity index (χ3v) is 4.81. The smallest absolute Gasteiger partial charge is 0.193 e. The summed E-state index contributed by atoms with van der Waals surface area (Å²) < 4.78 is 24.0. The fourth-order valence-electron chi connectivity index (χ4n) is 3.37. The van der Waals surface area contributed by atoms with E-state index >= 15 is 0 Å². The van der Waals surface area contributed by atoms with Crippen molar-refractivity contribution in [3.05, 3.63) is 53.9 Å². The highest BCUT2D eigenvalue weighted by atomic mass is 79.9. The van der Waals surface area contributed by atoms with E-state index in [0.29, 0.717) is 0 Å². The van der Waals surface area contributed by atoms with Crippen LogP contribution in [0.5, 0.6) is 23.0 Å². The molecule has 0 spiro atoms. The number of halogens is 1. The SMILES string of the molecule is CC[n+]1ccc2cc(OC)c(OC)cc2c1Cc1ccc(OC)c(OC)c1.[Br-]. The Morgan fingerprint density at radius 1 is 0.750 bits per heavy atom. The average molecular weight is 448 g/mol. The van der Waals surface area contributed by atoms with Crippen LogP contribution in [0, 0.1) is 0 Å². The molecule has 0 amide bonds. The zero-order valence-corrected chi connectivity index (χ0v) is 18.5. The molecule has 0 radical (unpaired) electrons. The Bertz CT molecular complexity index is 959. The van der Waals surface area contributed by atoms with Crippen molar-refractivity contribution in [2.75, 3.05) is 28.4 Å². The van der Waals surface area contributed by atoms with Crippen molar-refractivity contribution in [1.29, 1.82) is 0 Å². The second-order valence-corrected chi connectivity index (χ2v) is 6.21. The molecule has 0 N–H and O–H groups in total. The Kier molecular flexibility index (Phi) is 7.52. The molecule has 0 aliphatic heterocycles. The van der Waals surface area contributed by atoms with E-state index in [1.54, 1.807) is 28.4 Å². The fourth-order valence-corrected chi connectivity index (χ4v) is 3.37. The molecule has 0 unspecified atom stereocenters. The van der Waals surface area contributed by atoms with Crippen LogP contribution in [0.2, 0.25) is 0 Å². The number of nitrogens with zero attached hydrogens (tertiary/aromatic N) is 1. The Hall–Kier alpha value is -2.47. The molecular formula is C22H26BrNO4. The molecule has 3 aromatic rings. The summed E-state index contributed by atoms with van der Waals surface area (Å²) in [6.07, 6.45) is 2.88. The quantitative estimate of drug-likeness (QED) is 0.501. The van der Waals surface area contributed by atoms with Gasteiger partial charge in [0.15, 0.2) is 34.9 Å². The van der Waals surface area contributed by atoms with Crippen molar-refractivity contribution in [3.63, 3.8) is 0 Å². The second kappa shape index (κ2) is 9.64. The van der Waals surface area contributed by atoms with Gasteiger partial charge in [0.05, 0.1) is 40.2 Å². The van der Waals surface area contributed by atoms with Crippen LogP contribution in [0.15, 0.2) is 42.6 Å². The van der Waals surface area contributed by atoms with E-state index in [4.69, 9.17) is 18.9 Å². The molecule has 1 heterocycles. The van der Waals surface area contributed by atoms with E-state index in [-0.39, 0.29) is 17.0 Å². The molecule has 3 rings (SSSR count). The molecule has 0 aliphatic carbocycles. The standard InChI is InChI=1S/C22H26NO4.BrH/c1-6-23-10-9-16-13-21(26-4)22(27-5)14-17(16)18(23)11-15-7-8-19(24-2)20(12-15)25-3;/h7-10,12-14H,6,11H2,1-5H3;1H/q+1;/p-1. The first-order valence-corrected chi connectivity index (χ1v) is 8.93. The molecular weight excluding hydrogens is 422 g/mol. The Morgan fingerprint density at radius 3 is 1.96 bits per heavy atom. The molecule has 5 nitrogen and oxygen atoms in total. The highest BCUT2D eigenvalue weighted by Gasteiger charge is 2.18. The molecule has 0 atom stereocenters. The summed E-state index contributed by atoms with van der Waals surface area (Å²) in [6.45, 7) is 3.03. The van der Waals surface area contributed by atoms with E-state index in [9.17, 15) is 0 Å². The number of rotatable bonds is 7. The zero-order valence-electron chi connectivity index (χ0n) is 16.9. The average Bonchev–Trinajstić information content (AvgIpc) is 2.72. The second-order valence-electron chi connectivity index (χ2n) is 6.21. The van der Waals surface area contributed by atoms with Gasteiger partial charge in [-0.05, 0) is 42.1 Å². The topological polar surface area (TPSA) is 40.8 Å². The predicted molar refractivity (Wildman–Crippen MR) is 105 cm³/mol. The van der Waals surface area contributed by atoms with Crippen LogP contribution in [0.3, 0.4) is 0 Å². The molecule has 1 aromatic heterocycles. The lowest BCUT2D eigenvalue weighted by atomic mass is 10.0. The van der Waals surface area contributed by atoms with Crippen LogP contribution in [0.1, 0.15) is 18.2 Å². The van der Waals surface area contributed by atoms with E-state index < -0.39 is 0 Å². The molecule has 0 aliphatic rings. The molecule has 150 valence electrons. The molecule has 28 heavy (non-hydrogen) atoms. The maximum Gasteiger partial charge on any atom is 0.193 e. The monoisotopic (exact) mass is 447 g/mol. The lowest BCUT2D eigenvalue weighted by Crippen LogP contribution is -3.00. The van der Waals surface area contributed by atoms with Crippen LogP contribution in [0.25, 0.3) is 10.8 Å². The number of methoxy groups -OCH3 is 4. The van der Waals surface area contributed by atoms with Gasteiger partial charge in [0.1, 0.15) is 6.54 Å². The minimum atomic E-state index is 0. The van der Waals surface area contributed by atoms with Gasteiger partial charge in [-0.1, -0.05) is 6.07 Å². The van der Waals surface area contributed by atoms with Crippen molar-refractivity contribution in [2.24, 2.45) is 0 Å². The highest BCUT2D eigenvalue weighted by molar-refractivity contribution is 5.87. The molecule has 0 saturated heterocycles. The van der Waals surface area contributed by atoms with Gasteiger partial charge in [-0.2, -0.15) is 0 Å². The molecule has 0 saturated carbocycles. The summed E-state index contributed by atoms with van der Waals surface area (Å²) in [5, 5.41) is 2.26. The first kappa shape index (κ1) is 21.8. The van der Waals surface area contributed by atoms with Gasteiger partial charge in [-0.25, -0.2) is 4.57 Å². The number of fused-ring (bicyclic) bond motifs is 1. The fraction of sp³-hybridized carbons (Fsp3) is 0.318. The van der Waals surface area contributed by atoms with Gasteiger partial charge >= 0.3 is 0 Å². The van der Waals surface area contributed by atoms with Gasteiger partial charge in [0.25, 0.3) is 0 Å². The minimum Gasteiger partial charge on any atom is -1.00 e. The van der Waals surface area contributed by atoms with Crippen LogP contribution >= 0.6 is 0 Å². The number of benzene rings is 2. The zero-order chi connectivity index (χ0) is 19.4. The molecule has 0 fully saturated rings. The van der Waals surface area contributed by atoms with Crippen molar-refractivity contribution < 1.29 is 40.5 Å². The van der Waals surface area contributed by atoms with Crippen molar-refractivity contribution >= 4 is 10.8 Å². The first-order valence-electron chi connectivity index (χ1n) is 8.93. The van der Waals surface area contributed by atoms with Crippen LogP contribution in [-0.4, -0.2) is 28.4 Å². The first-order chi connectivity index (χ1) is 13.1. The highest BCUT2D eigenvalue weighted by Crippen LogP contribution is 2.34. The van der Waals surface area contributed by atoms with Crippen LogP contribution in [0.4, 0.5) is 0 Å². The number of aromatic nitrogens is 1. The third kappa shape index (κ3) is 4.17. The number of aryl methyl sites for hydroxylation is 1. The largest absolute Gasteiger partial charge is 1.00 e. The Labute approximate surface area is 176 Å². The summed E-state index contributed by atoms with van der Waals surface area (Å²) in [5.41, 5.74) is 2.36. The van der Waals surface area contributed by atoms with Gasteiger partial charge in [-0.3, -0.25) is 0 Å². The van der Waals surface area contributed by atoms with Crippen LogP contribution in [-0.2, 0) is 13.0 Å². The van der Waals surface area contributed by atoms with Crippen molar-refractivity contribution in [1.82, 2.24) is 0 Å². The number of pyridine rings is 1. The van der Waals surface area contributed by atoms with E-state index in [1.165, 1.54) is 5.69 Å². The van der Waals surface area contributed by atoms with Crippen LogP contribution < -0.4 is 40.5 Å². The van der Waals surface area contributed by atoms with E-state index in [0.717, 1.165) is 52.3 Å². The molecule has 2 aromatic carbocycles. The summed E-state index contributed by atoms with van der Waals surface area (Å²) in [5.74, 6) is 2.93. The number of ether oxygens (including phenoxy) is 4. The lowest BCUT2D eigenvalue weighted by Gasteiger charge is -2.13. The van der Waals surface area contributed by atoms with Gasteiger partial charge in [0, 0.05) is 6.07 Å². The van der Waals surface area contributed by atoms with E-state index in [1.807, 2.05) is 18.2 Å². The normalized spacial score (nSPS) is 10.3. The summed E-state index contributed by atoms with van der Waals surface area (Å²) in [6, 6.07) is 12.2. The summed E-state index contributed by atoms with van der Waals surface area (Å²) in [7, 11) is 6.62. The van der Waals surface area contributed by atoms with Gasteiger partial charge in [-0.15, -0.1) is 0 Å². The predicted octanol–water partition coefficient (Wildman–Crippen LogP) is 0.776. The Morgan fingerprint density at radius 2 is 1.36 bits per heavy atom. The van der Waals surface area contributed by atoms with Gasteiger partial charge in [0.2, 0.25) is 0 Å². The minimum absolute atomic E-state index is 0. The summed E-state index contributed by atoms with van der Waals surface area (Å²) in [4.78, 5) is 0.